The average Bonchev–Trinajstić information content (AvgIpc) is 2.60. The molecule has 7 nitrogen and oxygen atoms in total. The van der Waals surface area contributed by atoms with Crippen molar-refractivity contribution in [2.24, 2.45) is 0 Å². The summed E-state index contributed by atoms with van der Waals surface area (Å²) in [5.74, 6) is -0.733. The van der Waals surface area contributed by atoms with Crippen LogP contribution in [0.25, 0.3) is 11.0 Å². The Hall–Kier alpha value is -3.13. The molecule has 0 aliphatic rings. The molecule has 0 spiro atoms. The van der Waals surface area contributed by atoms with E-state index in [4.69, 9.17) is 9.15 Å². The lowest BCUT2D eigenvalue weighted by Gasteiger charge is -2.13. The van der Waals surface area contributed by atoms with Gasteiger partial charge in [0, 0.05) is 17.1 Å². The second kappa shape index (κ2) is 6.64. The zero-order valence-electron chi connectivity index (χ0n) is 14.0. The molecule has 26 heavy (non-hydrogen) atoms. The molecule has 0 aliphatic heterocycles. The molecule has 8 heteroatoms. The number of ether oxygens (including phenoxy) is 1. The van der Waals surface area contributed by atoms with Crippen LogP contribution in [0.3, 0.4) is 0 Å². The summed E-state index contributed by atoms with van der Waals surface area (Å²) >= 11 is 0. The molecule has 0 aliphatic carbocycles. The molecule has 0 atom stereocenters. The zero-order chi connectivity index (χ0) is 18.9. The van der Waals surface area contributed by atoms with Crippen LogP contribution in [0, 0.1) is 6.92 Å². The molecule has 1 N–H and O–H groups in total. The smallest absolute Gasteiger partial charge is 0.339 e. The molecule has 1 heterocycles. The maximum atomic E-state index is 12.8. The number of sulfonamides is 1. The number of nitrogens with one attached hydrogen (secondary N) is 1. The van der Waals surface area contributed by atoms with Gasteiger partial charge < -0.3 is 9.15 Å². The van der Waals surface area contributed by atoms with E-state index in [-0.39, 0.29) is 16.1 Å². The lowest BCUT2D eigenvalue weighted by atomic mass is 10.1. The summed E-state index contributed by atoms with van der Waals surface area (Å²) in [6.07, 6.45) is 0. The van der Waals surface area contributed by atoms with E-state index in [9.17, 15) is 18.0 Å². The molecule has 3 aromatic rings. The number of hydrogen-bond donors (Lipinski definition) is 1. The summed E-state index contributed by atoms with van der Waals surface area (Å²) in [6.45, 7) is 1.63. The first kappa shape index (κ1) is 17.7. The van der Waals surface area contributed by atoms with Crippen LogP contribution in [-0.4, -0.2) is 21.5 Å². The highest BCUT2D eigenvalue weighted by molar-refractivity contribution is 7.92. The fraction of sp³-hybridized carbons (Fsp3) is 0.111. The normalized spacial score (nSPS) is 11.3. The molecular formula is C18H15NO6S. The van der Waals surface area contributed by atoms with Gasteiger partial charge in [0.05, 0.1) is 12.7 Å². The second-order valence-corrected chi connectivity index (χ2v) is 7.20. The standard InChI is InChI=1S/C18H15NO6S/c1-11-4-3-5-15(17(11)18(21)24-2)26(22,23)19-13-7-8-14-12(10-13)6-9-16(20)25-14/h3-10,19H,1-2H3. The largest absolute Gasteiger partial charge is 0.465 e. The van der Waals surface area contributed by atoms with Gasteiger partial charge in [0.2, 0.25) is 0 Å². The van der Waals surface area contributed by atoms with Crippen LogP contribution in [0.4, 0.5) is 5.69 Å². The summed E-state index contributed by atoms with van der Waals surface area (Å²) in [6, 6.07) is 11.8. The van der Waals surface area contributed by atoms with Crippen LogP contribution in [0.15, 0.2) is 62.6 Å². The van der Waals surface area contributed by atoms with E-state index < -0.39 is 21.6 Å². The minimum atomic E-state index is -4.04. The highest BCUT2D eigenvalue weighted by atomic mass is 32.2. The Kier molecular flexibility index (Phi) is 4.52. The summed E-state index contributed by atoms with van der Waals surface area (Å²) in [4.78, 5) is 23.0. The molecule has 0 fully saturated rings. The van der Waals surface area contributed by atoms with Crippen LogP contribution in [0.5, 0.6) is 0 Å². The van der Waals surface area contributed by atoms with E-state index in [2.05, 4.69) is 4.72 Å². The van der Waals surface area contributed by atoms with Crippen molar-refractivity contribution in [3.05, 3.63) is 70.1 Å². The Balaban J connectivity index is 2.05. The lowest BCUT2D eigenvalue weighted by Crippen LogP contribution is -2.18. The number of hydrogen-bond acceptors (Lipinski definition) is 6. The predicted molar refractivity (Wildman–Crippen MR) is 95.8 cm³/mol. The van der Waals surface area contributed by atoms with E-state index in [0.29, 0.717) is 16.5 Å². The van der Waals surface area contributed by atoms with Crippen molar-refractivity contribution in [2.75, 3.05) is 11.8 Å². The number of rotatable bonds is 4. The Morgan fingerprint density at radius 1 is 1.12 bits per heavy atom. The van der Waals surface area contributed by atoms with E-state index in [0.717, 1.165) is 0 Å². The SMILES string of the molecule is COC(=O)c1c(C)cccc1S(=O)(=O)Nc1ccc2oc(=O)ccc2c1. The maximum Gasteiger partial charge on any atom is 0.339 e. The number of carbonyl (C=O) groups excluding carboxylic acids is 1. The summed E-state index contributed by atoms with van der Waals surface area (Å²) < 4.78 is 37.7. The van der Waals surface area contributed by atoms with Gasteiger partial charge in [-0.05, 0) is 42.8 Å². The first-order valence-corrected chi connectivity index (χ1v) is 9.05. The Labute approximate surface area is 149 Å². The van der Waals surface area contributed by atoms with E-state index >= 15 is 0 Å². The van der Waals surface area contributed by atoms with Crippen LogP contribution in [0.2, 0.25) is 0 Å². The number of esters is 1. The van der Waals surface area contributed by atoms with Gasteiger partial charge >= 0.3 is 11.6 Å². The third-order valence-corrected chi connectivity index (χ3v) is 5.21. The van der Waals surface area contributed by atoms with Gasteiger partial charge in [0.1, 0.15) is 10.5 Å². The molecule has 1 aromatic heterocycles. The van der Waals surface area contributed by atoms with E-state index in [1.807, 2.05) is 0 Å². The number of anilines is 1. The summed E-state index contributed by atoms with van der Waals surface area (Å²) in [5.41, 5.74) is 0.581. The minimum Gasteiger partial charge on any atom is -0.465 e. The van der Waals surface area contributed by atoms with Crippen molar-refractivity contribution in [1.29, 1.82) is 0 Å². The molecule has 0 saturated heterocycles. The third kappa shape index (κ3) is 3.31. The molecule has 0 radical (unpaired) electrons. The van der Waals surface area contributed by atoms with Crippen molar-refractivity contribution < 1.29 is 22.4 Å². The van der Waals surface area contributed by atoms with Crippen molar-refractivity contribution >= 4 is 32.6 Å². The molecule has 134 valence electrons. The van der Waals surface area contributed by atoms with Crippen molar-refractivity contribution in [3.8, 4) is 0 Å². The number of aryl methyl sites for hydroxylation is 1. The highest BCUT2D eigenvalue weighted by Gasteiger charge is 2.24. The molecule has 0 saturated carbocycles. The minimum absolute atomic E-state index is 0.0192. The van der Waals surface area contributed by atoms with Crippen molar-refractivity contribution in [2.45, 2.75) is 11.8 Å². The van der Waals surface area contributed by atoms with Crippen molar-refractivity contribution in [1.82, 2.24) is 0 Å². The van der Waals surface area contributed by atoms with Crippen LogP contribution >= 0.6 is 0 Å². The predicted octanol–water partition coefficient (Wildman–Crippen LogP) is 2.69. The van der Waals surface area contributed by atoms with Crippen LogP contribution in [0.1, 0.15) is 15.9 Å². The fourth-order valence-electron chi connectivity index (χ4n) is 2.57. The second-order valence-electron chi connectivity index (χ2n) is 5.55. The number of benzene rings is 2. The first-order chi connectivity index (χ1) is 12.3. The molecule has 0 amide bonds. The Morgan fingerprint density at radius 3 is 2.62 bits per heavy atom. The quantitative estimate of drug-likeness (QED) is 0.557. The van der Waals surface area contributed by atoms with Gasteiger partial charge in [-0.25, -0.2) is 18.0 Å². The first-order valence-electron chi connectivity index (χ1n) is 7.56. The van der Waals surface area contributed by atoms with Crippen molar-refractivity contribution in [3.63, 3.8) is 0 Å². The molecule has 0 bridgehead atoms. The van der Waals surface area contributed by atoms with Crippen LogP contribution in [-0.2, 0) is 14.8 Å². The maximum absolute atomic E-state index is 12.8. The zero-order valence-corrected chi connectivity index (χ0v) is 14.8. The van der Waals surface area contributed by atoms with Gasteiger partial charge in [0.25, 0.3) is 10.0 Å². The number of carbonyl (C=O) groups is 1. The molecule has 0 unspecified atom stereocenters. The molecule has 3 rings (SSSR count). The number of fused-ring (bicyclic) bond motifs is 1. The number of methoxy groups -OCH3 is 1. The Bertz CT molecular complexity index is 1160. The third-order valence-electron chi connectivity index (χ3n) is 3.79. The van der Waals surface area contributed by atoms with E-state index in [1.165, 1.54) is 43.5 Å². The summed E-state index contributed by atoms with van der Waals surface area (Å²) in [5, 5.41) is 0.558. The molecular weight excluding hydrogens is 358 g/mol. The fourth-order valence-corrected chi connectivity index (χ4v) is 3.89. The highest BCUT2D eigenvalue weighted by Crippen LogP contribution is 2.25. The monoisotopic (exact) mass is 373 g/mol. The molecule has 2 aromatic carbocycles. The Morgan fingerprint density at radius 2 is 1.88 bits per heavy atom. The lowest BCUT2D eigenvalue weighted by molar-refractivity contribution is 0.0595. The average molecular weight is 373 g/mol. The van der Waals surface area contributed by atoms with Gasteiger partial charge in [-0.2, -0.15) is 0 Å². The van der Waals surface area contributed by atoms with Gasteiger partial charge in [0.15, 0.2) is 0 Å². The van der Waals surface area contributed by atoms with Crippen LogP contribution < -0.4 is 10.3 Å². The summed E-state index contributed by atoms with van der Waals surface area (Å²) in [7, 11) is -2.85. The van der Waals surface area contributed by atoms with Gasteiger partial charge in [-0.1, -0.05) is 12.1 Å². The van der Waals surface area contributed by atoms with Gasteiger partial charge in [-0.3, -0.25) is 4.72 Å². The van der Waals surface area contributed by atoms with E-state index in [1.54, 1.807) is 19.1 Å². The topological polar surface area (TPSA) is 103 Å². The van der Waals surface area contributed by atoms with Gasteiger partial charge in [-0.15, -0.1) is 0 Å².